The van der Waals surface area contributed by atoms with Crippen molar-refractivity contribution in [1.82, 2.24) is 14.8 Å². The molecule has 0 atom stereocenters. The predicted octanol–water partition coefficient (Wildman–Crippen LogP) is 3.35. The van der Waals surface area contributed by atoms with E-state index in [2.05, 4.69) is 10.1 Å². The van der Waals surface area contributed by atoms with Gasteiger partial charge in [-0.2, -0.15) is 5.10 Å². The maximum atomic E-state index is 12.9. The first kappa shape index (κ1) is 17.0. The van der Waals surface area contributed by atoms with Crippen LogP contribution in [0.3, 0.4) is 0 Å². The summed E-state index contributed by atoms with van der Waals surface area (Å²) < 4.78 is 6.60. The number of aryl methyl sites for hydroxylation is 2. The first-order valence-corrected chi connectivity index (χ1v) is 8.63. The second kappa shape index (κ2) is 6.98. The van der Waals surface area contributed by atoms with Gasteiger partial charge in [0.25, 0.3) is 0 Å². The van der Waals surface area contributed by atoms with Crippen LogP contribution in [-0.2, 0) is 4.74 Å². The average molecular weight is 355 g/mol. The largest absolute Gasteiger partial charge is 0.462 e. The second-order valence-electron chi connectivity index (χ2n) is 5.37. The van der Waals surface area contributed by atoms with Gasteiger partial charge < -0.3 is 4.74 Å². The van der Waals surface area contributed by atoms with Crippen LogP contribution in [0.4, 0.5) is 0 Å². The number of aromatic nitrogens is 3. The molecule has 0 aliphatic carbocycles. The number of para-hydroxylation sites is 1. The van der Waals surface area contributed by atoms with Crippen LogP contribution in [-0.4, -0.2) is 33.1 Å². The van der Waals surface area contributed by atoms with Gasteiger partial charge in [0, 0.05) is 6.20 Å². The summed E-state index contributed by atoms with van der Waals surface area (Å²) in [5.74, 6) is -0.882. The summed E-state index contributed by atoms with van der Waals surface area (Å²) in [5, 5.41) is 5.15. The number of carbonyl (C=O) groups is 2. The van der Waals surface area contributed by atoms with Gasteiger partial charge in [-0.05, 0) is 32.9 Å². The molecule has 25 heavy (non-hydrogen) atoms. The highest BCUT2D eigenvalue weighted by Gasteiger charge is 2.27. The number of nitrogens with zero attached hydrogens (tertiary/aromatic N) is 3. The van der Waals surface area contributed by atoms with E-state index in [-0.39, 0.29) is 23.6 Å². The number of ketones is 1. The molecule has 3 rings (SSSR count). The summed E-state index contributed by atoms with van der Waals surface area (Å²) in [6, 6.07) is 9.30. The summed E-state index contributed by atoms with van der Waals surface area (Å²) in [5.41, 5.74) is 1.62. The van der Waals surface area contributed by atoms with Gasteiger partial charge in [0.2, 0.25) is 5.78 Å². The minimum absolute atomic E-state index is 0.0778. The van der Waals surface area contributed by atoms with E-state index >= 15 is 0 Å². The van der Waals surface area contributed by atoms with E-state index in [1.165, 1.54) is 22.2 Å². The summed E-state index contributed by atoms with van der Waals surface area (Å²) in [6.07, 6.45) is 1.53. The molecular weight excluding hydrogens is 338 g/mol. The van der Waals surface area contributed by atoms with Crippen LogP contribution in [0, 0.1) is 13.8 Å². The van der Waals surface area contributed by atoms with E-state index in [0.29, 0.717) is 10.6 Å². The Kier molecular flexibility index (Phi) is 4.76. The SMILES string of the molecule is CCOC(=O)c1cn(-c2ccccc2)nc1C(=O)c1sc(C)nc1C. The minimum atomic E-state index is -0.563. The van der Waals surface area contributed by atoms with Crippen molar-refractivity contribution in [1.29, 1.82) is 0 Å². The molecule has 7 heteroatoms. The van der Waals surface area contributed by atoms with Crippen molar-refractivity contribution < 1.29 is 14.3 Å². The average Bonchev–Trinajstić information content (AvgIpc) is 3.19. The highest BCUT2D eigenvalue weighted by Crippen LogP contribution is 2.23. The molecule has 0 radical (unpaired) electrons. The van der Waals surface area contributed by atoms with E-state index in [1.807, 2.05) is 37.3 Å². The van der Waals surface area contributed by atoms with Crippen LogP contribution in [0.25, 0.3) is 5.69 Å². The van der Waals surface area contributed by atoms with E-state index in [4.69, 9.17) is 4.74 Å². The number of ether oxygens (including phenoxy) is 1. The molecule has 2 aromatic heterocycles. The molecule has 0 N–H and O–H groups in total. The van der Waals surface area contributed by atoms with Crippen LogP contribution in [0.1, 0.15) is 43.3 Å². The lowest BCUT2D eigenvalue weighted by atomic mass is 10.1. The molecule has 1 aromatic carbocycles. The molecular formula is C18H17N3O3S. The van der Waals surface area contributed by atoms with Gasteiger partial charge >= 0.3 is 5.97 Å². The molecule has 0 saturated heterocycles. The topological polar surface area (TPSA) is 74.1 Å². The highest BCUT2D eigenvalue weighted by molar-refractivity contribution is 7.14. The number of thiazole rings is 1. The van der Waals surface area contributed by atoms with Crippen molar-refractivity contribution in [3.8, 4) is 5.69 Å². The summed E-state index contributed by atoms with van der Waals surface area (Å²) in [4.78, 5) is 30.0. The molecule has 0 saturated carbocycles. The molecule has 2 heterocycles. The van der Waals surface area contributed by atoms with Gasteiger partial charge in [-0.15, -0.1) is 11.3 Å². The smallest absolute Gasteiger partial charge is 0.342 e. The van der Waals surface area contributed by atoms with Crippen molar-refractivity contribution in [2.24, 2.45) is 0 Å². The lowest BCUT2D eigenvalue weighted by molar-refractivity contribution is 0.0523. The summed E-state index contributed by atoms with van der Waals surface area (Å²) in [6.45, 7) is 5.55. The van der Waals surface area contributed by atoms with Crippen LogP contribution in [0.15, 0.2) is 36.5 Å². The number of esters is 1. The highest BCUT2D eigenvalue weighted by atomic mass is 32.1. The third kappa shape index (κ3) is 3.36. The molecule has 0 bridgehead atoms. The van der Waals surface area contributed by atoms with Crippen LogP contribution >= 0.6 is 11.3 Å². The molecule has 0 spiro atoms. The van der Waals surface area contributed by atoms with Gasteiger partial charge in [-0.1, -0.05) is 18.2 Å². The van der Waals surface area contributed by atoms with E-state index in [9.17, 15) is 9.59 Å². The van der Waals surface area contributed by atoms with Gasteiger partial charge in [-0.3, -0.25) is 4.79 Å². The van der Waals surface area contributed by atoms with Crippen molar-refractivity contribution in [2.75, 3.05) is 6.61 Å². The number of hydrogen-bond acceptors (Lipinski definition) is 6. The molecule has 6 nitrogen and oxygen atoms in total. The third-order valence-corrected chi connectivity index (χ3v) is 4.63. The van der Waals surface area contributed by atoms with Crippen LogP contribution < -0.4 is 0 Å². The van der Waals surface area contributed by atoms with Gasteiger partial charge in [-0.25, -0.2) is 14.5 Å². The first-order chi connectivity index (χ1) is 12.0. The standard InChI is InChI=1S/C18H17N3O3S/c1-4-24-18(23)14-10-21(13-8-6-5-7-9-13)20-15(14)16(22)17-11(2)19-12(3)25-17/h5-10H,4H2,1-3H3. The Morgan fingerprint density at radius 1 is 1.20 bits per heavy atom. The predicted molar refractivity (Wildman–Crippen MR) is 94.5 cm³/mol. The fourth-order valence-corrected chi connectivity index (χ4v) is 3.32. The number of carbonyl (C=O) groups excluding carboxylic acids is 2. The van der Waals surface area contributed by atoms with E-state index in [1.54, 1.807) is 13.8 Å². The number of benzene rings is 1. The number of rotatable bonds is 5. The molecule has 0 amide bonds. The third-order valence-electron chi connectivity index (χ3n) is 3.56. The maximum absolute atomic E-state index is 12.9. The number of hydrogen-bond donors (Lipinski definition) is 0. The van der Waals surface area contributed by atoms with Crippen molar-refractivity contribution >= 4 is 23.1 Å². The molecule has 0 aliphatic heterocycles. The van der Waals surface area contributed by atoms with Gasteiger partial charge in [0.1, 0.15) is 11.3 Å². The summed E-state index contributed by atoms with van der Waals surface area (Å²) >= 11 is 1.29. The van der Waals surface area contributed by atoms with Crippen LogP contribution in [0.5, 0.6) is 0 Å². The Balaban J connectivity index is 2.10. The zero-order chi connectivity index (χ0) is 18.0. The molecule has 0 fully saturated rings. The normalized spacial score (nSPS) is 10.7. The Morgan fingerprint density at radius 3 is 2.52 bits per heavy atom. The summed E-state index contributed by atoms with van der Waals surface area (Å²) in [7, 11) is 0. The van der Waals surface area contributed by atoms with E-state index < -0.39 is 5.97 Å². The fraction of sp³-hybridized carbons (Fsp3) is 0.222. The second-order valence-corrected chi connectivity index (χ2v) is 6.57. The van der Waals surface area contributed by atoms with E-state index in [0.717, 1.165) is 10.7 Å². The lowest BCUT2D eigenvalue weighted by Gasteiger charge is -2.01. The lowest BCUT2D eigenvalue weighted by Crippen LogP contribution is -2.11. The van der Waals surface area contributed by atoms with Crippen molar-refractivity contribution in [2.45, 2.75) is 20.8 Å². The fourth-order valence-electron chi connectivity index (χ4n) is 2.46. The van der Waals surface area contributed by atoms with Gasteiger partial charge in [0.05, 0.1) is 27.9 Å². The Bertz CT molecular complexity index is 928. The Hall–Kier alpha value is -2.80. The van der Waals surface area contributed by atoms with Crippen molar-refractivity contribution in [3.63, 3.8) is 0 Å². The maximum Gasteiger partial charge on any atom is 0.342 e. The van der Waals surface area contributed by atoms with Gasteiger partial charge in [0.15, 0.2) is 0 Å². The monoisotopic (exact) mass is 355 g/mol. The molecule has 0 unspecified atom stereocenters. The Morgan fingerprint density at radius 2 is 1.92 bits per heavy atom. The first-order valence-electron chi connectivity index (χ1n) is 7.82. The van der Waals surface area contributed by atoms with Crippen molar-refractivity contribution in [3.05, 3.63) is 63.4 Å². The quantitative estimate of drug-likeness (QED) is 0.518. The minimum Gasteiger partial charge on any atom is -0.462 e. The Labute approximate surface area is 149 Å². The van der Waals surface area contributed by atoms with Crippen LogP contribution in [0.2, 0.25) is 0 Å². The molecule has 3 aromatic rings. The zero-order valence-corrected chi connectivity index (χ0v) is 15.0. The molecule has 0 aliphatic rings. The zero-order valence-electron chi connectivity index (χ0n) is 14.1. The molecule has 128 valence electrons.